The quantitative estimate of drug-likeness (QED) is 0.361. The monoisotopic (exact) mass is 468 g/mol. The molecule has 31 heavy (non-hydrogen) atoms. The molecule has 0 spiro atoms. The fourth-order valence-electron chi connectivity index (χ4n) is 2.90. The van der Waals surface area contributed by atoms with Crippen molar-refractivity contribution in [3.8, 4) is 21.1 Å². The first-order valence-corrected chi connectivity index (χ1v) is 12.2. The number of nitrogens with zero attached hydrogens (tertiary/aromatic N) is 2. The van der Waals surface area contributed by atoms with E-state index in [4.69, 9.17) is 4.98 Å². The van der Waals surface area contributed by atoms with Crippen LogP contribution < -0.4 is 5.32 Å². The second kappa shape index (κ2) is 9.51. The van der Waals surface area contributed by atoms with Crippen LogP contribution in [0.25, 0.3) is 21.1 Å². The van der Waals surface area contributed by atoms with Crippen LogP contribution in [0.2, 0.25) is 0 Å². The van der Waals surface area contributed by atoms with Crippen LogP contribution in [0.15, 0.2) is 64.4 Å². The Morgan fingerprint density at radius 2 is 1.71 bits per heavy atom. The number of imidazole rings is 1. The number of rotatable bonds is 7. The van der Waals surface area contributed by atoms with Crippen LogP contribution in [-0.4, -0.2) is 46.5 Å². The third kappa shape index (κ3) is 5.07. The Hall–Kier alpha value is -2.88. The minimum absolute atomic E-state index is 0.0747. The highest BCUT2D eigenvalue weighted by molar-refractivity contribution is 7.99. The van der Waals surface area contributed by atoms with Crippen molar-refractivity contribution in [3.63, 3.8) is 0 Å². The summed E-state index contributed by atoms with van der Waals surface area (Å²) in [4.78, 5) is 36.2. The van der Waals surface area contributed by atoms with E-state index in [9.17, 15) is 9.59 Å². The Labute approximate surface area is 192 Å². The second-order valence-electron chi connectivity index (χ2n) is 6.83. The van der Waals surface area contributed by atoms with Gasteiger partial charge in [0.15, 0.2) is 5.16 Å². The van der Waals surface area contributed by atoms with Crippen LogP contribution in [-0.2, 0) is 4.79 Å². The van der Waals surface area contributed by atoms with E-state index in [1.807, 2.05) is 29.0 Å². The van der Waals surface area contributed by atoms with Gasteiger partial charge in [-0.05, 0) is 47.2 Å². The van der Waals surface area contributed by atoms with Gasteiger partial charge in [0.25, 0.3) is 5.91 Å². The molecule has 9 heteroatoms. The van der Waals surface area contributed by atoms with Gasteiger partial charge in [-0.3, -0.25) is 9.59 Å². The number of hydrogen-bond donors (Lipinski definition) is 2. The Morgan fingerprint density at radius 1 is 1.03 bits per heavy atom. The third-order valence-electron chi connectivity index (χ3n) is 4.37. The summed E-state index contributed by atoms with van der Waals surface area (Å²) in [5, 5.41) is 7.63. The number of benzene rings is 1. The molecule has 6 nitrogen and oxygen atoms in total. The summed E-state index contributed by atoms with van der Waals surface area (Å²) in [6.07, 6.45) is 0. The smallest absolute Gasteiger partial charge is 0.253 e. The highest BCUT2D eigenvalue weighted by Gasteiger charge is 2.17. The number of hydrogen-bond acceptors (Lipinski definition) is 6. The summed E-state index contributed by atoms with van der Waals surface area (Å²) in [6, 6.07) is 15.0. The minimum Gasteiger partial charge on any atom is -0.345 e. The lowest BCUT2D eigenvalue weighted by molar-refractivity contribution is -0.113. The molecule has 0 fully saturated rings. The van der Waals surface area contributed by atoms with Crippen molar-refractivity contribution in [2.75, 3.05) is 25.2 Å². The molecule has 0 saturated heterocycles. The Morgan fingerprint density at radius 3 is 2.32 bits per heavy atom. The topological polar surface area (TPSA) is 78.1 Å². The van der Waals surface area contributed by atoms with Gasteiger partial charge in [0.2, 0.25) is 5.91 Å². The van der Waals surface area contributed by atoms with Crippen molar-refractivity contribution in [1.82, 2.24) is 14.9 Å². The molecule has 0 aliphatic carbocycles. The Bertz CT molecular complexity index is 1110. The fourth-order valence-corrected chi connectivity index (χ4v) is 5.01. The largest absolute Gasteiger partial charge is 0.345 e. The van der Waals surface area contributed by atoms with E-state index >= 15 is 0 Å². The van der Waals surface area contributed by atoms with Crippen molar-refractivity contribution >= 4 is 51.9 Å². The molecular weight excluding hydrogens is 448 g/mol. The van der Waals surface area contributed by atoms with E-state index in [1.165, 1.54) is 16.7 Å². The minimum atomic E-state index is -0.136. The summed E-state index contributed by atoms with van der Waals surface area (Å²) < 4.78 is 0. The van der Waals surface area contributed by atoms with Gasteiger partial charge in [-0.15, -0.1) is 22.7 Å². The van der Waals surface area contributed by atoms with E-state index in [0.717, 1.165) is 21.1 Å². The van der Waals surface area contributed by atoms with Gasteiger partial charge in [0, 0.05) is 25.3 Å². The van der Waals surface area contributed by atoms with Gasteiger partial charge in [-0.2, -0.15) is 0 Å². The summed E-state index contributed by atoms with van der Waals surface area (Å²) in [5.41, 5.74) is 3.11. The normalized spacial score (nSPS) is 10.8. The molecule has 2 amide bonds. The lowest BCUT2D eigenvalue weighted by Crippen LogP contribution is -2.21. The molecule has 0 bridgehead atoms. The zero-order chi connectivity index (χ0) is 21.8. The Balaban J connectivity index is 1.42. The number of aromatic amines is 1. The predicted octanol–water partition coefficient (Wildman–Crippen LogP) is 5.30. The van der Waals surface area contributed by atoms with Crippen LogP contribution in [0.5, 0.6) is 0 Å². The molecule has 0 unspecified atom stereocenters. The standard InChI is InChI=1S/C22H20N4O2S3/c1-26(2)21(28)14-7-9-15(10-8-14)23-18(27)13-31-22-24-19(16-5-3-11-29-16)20(25-22)17-6-4-12-30-17/h3-12H,13H2,1-2H3,(H,23,27)(H,24,25). The summed E-state index contributed by atoms with van der Waals surface area (Å²) in [6.45, 7) is 0. The lowest BCUT2D eigenvalue weighted by atomic mass is 10.2. The molecular formula is C22H20N4O2S3. The summed E-state index contributed by atoms with van der Waals surface area (Å²) in [5.74, 6) is 0.0115. The maximum absolute atomic E-state index is 12.4. The molecule has 4 rings (SSSR count). The van der Waals surface area contributed by atoms with Crippen molar-refractivity contribution in [2.24, 2.45) is 0 Å². The average molecular weight is 469 g/mol. The van der Waals surface area contributed by atoms with E-state index < -0.39 is 0 Å². The van der Waals surface area contributed by atoms with Gasteiger partial charge in [0.1, 0.15) is 5.69 Å². The van der Waals surface area contributed by atoms with Crippen molar-refractivity contribution in [1.29, 1.82) is 0 Å². The number of nitrogens with one attached hydrogen (secondary N) is 2. The lowest BCUT2D eigenvalue weighted by Gasteiger charge is -2.10. The highest BCUT2D eigenvalue weighted by Crippen LogP contribution is 2.36. The number of thiophene rings is 2. The van der Waals surface area contributed by atoms with Gasteiger partial charge >= 0.3 is 0 Å². The van der Waals surface area contributed by atoms with E-state index in [2.05, 4.69) is 16.4 Å². The van der Waals surface area contributed by atoms with Crippen LogP contribution >= 0.6 is 34.4 Å². The first-order valence-electron chi connectivity index (χ1n) is 9.43. The van der Waals surface area contributed by atoms with Crippen LogP contribution in [0.3, 0.4) is 0 Å². The molecule has 4 aromatic rings. The zero-order valence-corrected chi connectivity index (χ0v) is 19.4. The van der Waals surface area contributed by atoms with E-state index in [1.54, 1.807) is 61.0 Å². The van der Waals surface area contributed by atoms with Crippen LogP contribution in [0.1, 0.15) is 10.4 Å². The summed E-state index contributed by atoms with van der Waals surface area (Å²) in [7, 11) is 3.41. The van der Waals surface area contributed by atoms with E-state index in [0.29, 0.717) is 16.4 Å². The second-order valence-corrected chi connectivity index (χ2v) is 9.69. The molecule has 158 valence electrons. The first-order chi connectivity index (χ1) is 15.0. The van der Waals surface area contributed by atoms with Gasteiger partial charge in [-0.1, -0.05) is 23.9 Å². The molecule has 0 aliphatic rings. The number of thioether (sulfide) groups is 1. The predicted molar refractivity (Wildman–Crippen MR) is 129 cm³/mol. The number of carbonyl (C=O) groups excluding carboxylic acids is 2. The van der Waals surface area contributed by atoms with Crippen molar-refractivity contribution in [2.45, 2.75) is 5.16 Å². The first kappa shape index (κ1) is 21.4. The molecule has 0 aliphatic heterocycles. The number of aromatic nitrogens is 2. The van der Waals surface area contributed by atoms with Crippen LogP contribution in [0.4, 0.5) is 5.69 Å². The molecule has 1 aromatic carbocycles. The highest BCUT2D eigenvalue weighted by atomic mass is 32.2. The van der Waals surface area contributed by atoms with Crippen molar-refractivity contribution in [3.05, 3.63) is 64.9 Å². The zero-order valence-electron chi connectivity index (χ0n) is 16.9. The average Bonchev–Trinajstić information content (AvgIpc) is 3.53. The van der Waals surface area contributed by atoms with Gasteiger partial charge in [-0.25, -0.2) is 4.98 Å². The molecule has 3 aromatic heterocycles. The van der Waals surface area contributed by atoms with Crippen LogP contribution in [0, 0.1) is 0 Å². The number of anilines is 1. The number of carbonyl (C=O) groups is 2. The number of H-pyrrole nitrogens is 1. The Kier molecular flexibility index (Phi) is 6.55. The van der Waals surface area contributed by atoms with E-state index in [-0.39, 0.29) is 17.6 Å². The van der Waals surface area contributed by atoms with Crippen molar-refractivity contribution < 1.29 is 9.59 Å². The maximum atomic E-state index is 12.4. The molecule has 3 heterocycles. The molecule has 0 saturated carbocycles. The fraction of sp³-hybridized carbons (Fsp3) is 0.136. The maximum Gasteiger partial charge on any atom is 0.253 e. The molecule has 0 radical (unpaired) electrons. The summed E-state index contributed by atoms with van der Waals surface area (Å²) >= 11 is 4.65. The third-order valence-corrected chi connectivity index (χ3v) is 7.00. The SMILES string of the molecule is CN(C)C(=O)c1ccc(NC(=O)CSc2nc(-c3cccs3)c(-c3cccs3)[nH]2)cc1. The molecule has 2 N–H and O–H groups in total. The van der Waals surface area contributed by atoms with Gasteiger partial charge in [0.05, 0.1) is 21.2 Å². The molecule has 0 atom stereocenters. The number of amides is 2. The van der Waals surface area contributed by atoms with Gasteiger partial charge < -0.3 is 15.2 Å².